The molecule has 2 heterocycles. The molecule has 0 bridgehead atoms. The number of aromatic hydroxyl groups is 1. The van der Waals surface area contributed by atoms with E-state index in [2.05, 4.69) is 0 Å². The van der Waals surface area contributed by atoms with Gasteiger partial charge < -0.3 is 19.7 Å². The molecule has 170 valence electrons. The molecule has 2 aromatic carbocycles. The lowest BCUT2D eigenvalue weighted by molar-refractivity contribution is -0.132. The van der Waals surface area contributed by atoms with Crippen LogP contribution >= 0.6 is 22.9 Å². The van der Waals surface area contributed by atoms with Crippen LogP contribution in [0.3, 0.4) is 0 Å². The summed E-state index contributed by atoms with van der Waals surface area (Å²) < 4.78 is 10.6. The van der Waals surface area contributed by atoms with Gasteiger partial charge in [0.15, 0.2) is 0 Å². The van der Waals surface area contributed by atoms with Crippen molar-refractivity contribution in [3.8, 4) is 17.2 Å². The van der Waals surface area contributed by atoms with E-state index in [4.69, 9.17) is 21.1 Å². The Morgan fingerprint density at radius 3 is 2.45 bits per heavy atom. The zero-order valence-corrected chi connectivity index (χ0v) is 19.5. The van der Waals surface area contributed by atoms with E-state index in [-0.39, 0.29) is 39.1 Å². The molecule has 1 unspecified atom stereocenters. The second-order valence-corrected chi connectivity index (χ2v) is 8.75. The van der Waals surface area contributed by atoms with E-state index in [1.165, 1.54) is 48.7 Å². The van der Waals surface area contributed by atoms with Crippen LogP contribution in [0.2, 0.25) is 5.02 Å². The number of carbonyl (C=O) groups excluding carboxylic acids is 2. The number of carbonyl (C=O) groups is 2. The fourth-order valence-corrected chi connectivity index (χ4v) is 4.87. The number of ketones is 1. The van der Waals surface area contributed by atoms with Crippen molar-refractivity contribution >= 4 is 46.1 Å². The van der Waals surface area contributed by atoms with Crippen molar-refractivity contribution in [2.45, 2.75) is 13.0 Å². The summed E-state index contributed by atoms with van der Waals surface area (Å²) in [7, 11) is 2.82. The quantitative estimate of drug-likeness (QED) is 0.298. The minimum absolute atomic E-state index is 0.133. The molecule has 1 atom stereocenters. The standard InChI is InChI=1S/C24H20ClNO6S/c1-12-6-7-16(27)15(9-12)26-21(19-5-4-8-33-19)20(23(29)24(26)30)22(28)13-10-18(32-3)14(25)11-17(13)31-2/h4-11,21,27-28H,1-3H3/b22-20+. The van der Waals surface area contributed by atoms with Crippen molar-refractivity contribution in [1.82, 2.24) is 0 Å². The van der Waals surface area contributed by atoms with Crippen molar-refractivity contribution in [2.75, 3.05) is 19.1 Å². The molecule has 7 nitrogen and oxygen atoms in total. The minimum atomic E-state index is -0.955. The highest BCUT2D eigenvalue weighted by Gasteiger charge is 2.48. The van der Waals surface area contributed by atoms with E-state index in [1.54, 1.807) is 29.6 Å². The average Bonchev–Trinajstić information content (AvgIpc) is 3.42. The number of benzene rings is 2. The van der Waals surface area contributed by atoms with Crippen LogP contribution in [0.5, 0.6) is 17.2 Å². The molecule has 0 radical (unpaired) electrons. The summed E-state index contributed by atoms with van der Waals surface area (Å²) in [6.45, 7) is 1.81. The number of thiophene rings is 1. The van der Waals surface area contributed by atoms with Crippen LogP contribution in [-0.2, 0) is 9.59 Å². The first-order chi connectivity index (χ1) is 15.8. The van der Waals surface area contributed by atoms with Gasteiger partial charge in [-0.2, -0.15) is 0 Å². The van der Waals surface area contributed by atoms with Gasteiger partial charge in [0, 0.05) is 10.9 Å². The minimum Gasteiger partial charge on any atom is -0.507 e. The summed E-state index contributed by atoms with van der Waals surface area (Å²) in [6.07, 6.45) is 0. The first-order valence-electron chi connectivity index (χ1n) is 9.84. The zero-order valence-electron chi connectivity index (χ0n) is 18.0. The Bertz CT molecular complexity index is 1280. The summed E-state index contributed by atoms with van der Waals surface area (Å²) in [4.78, 5) is 28.3. The van der Waals surface area contributed by atoms with Crippen molar-refractivity contribution in [2.24, 2.45) is 0 Å². The van der Waals surface area contributed by atoms with Gasteiger partial charge in [0.25, 0.3) is 11.7 Å². The average molecular weight is 486 g/mol. The molecule has 1 fully saturated rings. The Morgan fingerprint density at radius 2 is 1.82 bits per heavy atom. The lowest BCUT2D eigenvalue weighted by Crippen LogP contribution is -2.29. The SMILES string of the molecule is COc1cc(/C(O)=C2\C(=O)C(=O)N(c3cc(C)ccc3O)C2c2cccs2)c(OC)cc1Cl. The van der Waals surface area contributed by atoms with Gasteiger partial charge in [-0.3, -0.25) is 14.5 Å². The number of methoxy groups -OCH3 is 2. The Labute approximate surface area is 199 Å². The van der Waals surface area contributed by atoms with E-state index in [9.17, 15) is 19.8 Å². The number of rotatable bonds is 5. The maximum Gasteiger partial charge on any atom is 0.300 e. The van der Waals surface area contributed by atoms with Gasteiger partial charge in [0.1, 0.15) is 29.0 Å². The van der Waals surface area contributed by atoms with Crippen LogP contribution in [0.25, 0.3) is 5.76 Å². The maximum absolute atomic E-state index is 13.2. The van der Waals surface area contributed by atoms with Crippen LogP contribution in [0.4, 0.5) is 5.69 Å². The van der Waals surface area contributed by atoms with Crippen LogP contribution in [0.1, 0.15) is 22.0 Å². The van der Waals surface area contributed by atoms with Crippen molar-refractivity contribution in [3.05, 3.63) is 74.4 Å². The molecule has 1 saturated heterocycles. The van der Waals surface area contributed by atoms with Crippen LogP contribution in [-0.4, -0.2) is 36.1 Å². The van der Waals surface area contributed by atoms with Gasteiger partial charge in [-0.1, -0.05) is 23.7 Å². The topological polar surface area (TPSA) is 96.3 Å². The second kappa shape index (κ2) is 8.80. The number of amides is 1. The number of aryl methyl sites for hydroxylation is 1. The molecule has 1 aromatic heterocycles. The number of hydrogen-bond donors (Lipinski definition) is 2. The Kier molecular flexibility index (Phi) is 6.05. The summed E-state index contributed by atoms with van der Waals surface area (Å²) in [5, 5.41) is 23.9. The summed E-state index contributed by atoms with van der Waals surface area (Å²) >= 11 is 7.50. The van der Waals surface area contributed by atoms with Gasteiger partial charge in [-0.05, 0) is 42.1 Å². The van der Waals surface area contributed by atoms with Gasteiger partial charge in [-0.25, -0.2) is 0 Å². The third-order valence-corrected chi connectivity index (χ3v) is 6.60. The smallest absolute Gasteiger partial charge is 0.300 e. The molecule has 0 spiro atoms. The highest BCUT2D eigenvalue weighted by molar-refractivity contribution is 7.10. The Morgan fingerprint density at radius 1 is 1.09 bits per heavy atom. The van der Waals surface area contributed by atoms with Gasteiger partial charge >= 0.3 is 0 Å². The van der Waals surface area contributed by atoms with Gasteiger partial charge in [0.2, 0.25) is 0 Å². The summed E-state index contributed by atoms with van der Waals surface area (Å²) in [5.41, 5.74) is 0.978. The van der Waals surface area contributed by atoms with Gasteiger partial charge in [-0.15, -0.1) is 11.3 Å². The summed E-state index contributed by atoms with van der Waals surface area (Å²) in [6, 6.07) is 10.3. The highest BCUT2D eigenvalue weighted by Crippen LogP contribution is 2.47. The predicted molar refractivity (Wildman–Crippen MR) is 127 cm³/mol. The fourth-order valence-electron chi connectivity index (χ4n) is 3.81. The van der Waals surface area contributed by atoms with E-state index in [0.717, 1.165) is 5.56 Å². The molecule has 3 aromatic rings. The number of nitrogens with zero attached hydrogens (tertiary/aromatic N) is 1. The number of phenols is 1. The number of aliphatic hydroxyl groups is 1. The molecule has 1 aliphatic rings. The fraction of sp³-hybridized carbons (Fsp3) is 0.167. The highest BCUT2D eigenvalue weighted by atomic mass is 35.5. The van der Waals surface area contributed by atoms with E-state index in [0.29, 0.717) is 4.88 Å². The summed E-state index contributed by atoms with van der Waals surface area (Å²) in [5.74, 6) is -1.88. The molecule has 1 aliphatic heterocycles. The first-order valence-corrected chi connectivity index (χ1v) is 11.1. The van der Waals surface area contributed by atoms with Crippen LogP contribution in [0.15, 0.2) is 53.4 Å². The molecular weight excluding hydrogens is 466 g/mol. The normalized spacial score (nSPS) is 17.5. The molecule has 0 aliphatic carbocycles. The van der Waals surface area contributed by atoms with Crippen molar-refractivity contribution in [3.63, 3.8) is 0 Å². The predicted octanol–water partition coefficient (Wildman–Crippen LogP) is 5.06. The molecule has 33 heavy (non-hydrogen) atoms. The van der Waals surface area contributed by atoms with Crippen molar-refractivity contribution in [1.29, 1.82) is 0 Å². The molecular formula is C24H20ClNO6S. The number of anilines is 1. The molecule has 0 saturated carbocycles. The zero-order chi connectivity index (χ0) is 23.9. The van der Waals surface area contributed by atoms with E-state index in [1.807, 2.05) is 6.92 Å². The third kappa shape index (κ3) is 3.81. The van der Waals surface area contributed by atoms with Gasteiger partial charge in [0.05, 0.1) is 36.1 Å². The maximum atomic E-state index is 13.2. The number of halogens is 1. The molecule has 9 heteroatoms. The Balaban J connectivity index is 2.00. The largest absolute Gasteiger partial charge is 0.507 e. The number of aliphatic hydroxyl groups excluding tert-OH is 1. The second-order valence-electron chi connectivity index (χ2n) is 7.36. The number of hydrogen-bond acceptors (Lipinski definition) is 7. The number of ether oxygens (including phenoxy) is 2. The van der Waals surface area contributed by atoms with Crippen molar-refractivity contribution < 1.29 is 29.3 Å². The van der Waals surface area contributed by atoms with E-state index < -0.39 is 23.5 Å². The lowest BCUT2D eigenvalue weighted by Gasteiger charge is -2.25. The molecule has 2 N–H and O–H groups in total. The first kappa shape index (κ1) is 22.7. The Hall–Kier alpha value is -3.49. The van der Waals surface area contributed by atoms with Crippen LogP contribution in [0, 0.1) is 6.92 Å². The number of phenolic OH excluding ortho intramolecular Hbond substituents is 1. The monoisotopic (exact) mass is 485 g/mol. The molecule has 1 amide bonds. The molecule has 4 rings (SSSR count). The van der Waals surface area contributed by atoms with E-state index >= 15 is 0 Å². The lowest BCUT2D eigenvalue weighted by atomic mass is 9.99. The number of Topliss-reactive ketones (excluding diaryl/α,β-unsaturated/α-hetero) is 1. The van der Waals surface area contributed by atoms with Crippen LogP contribution < -0.4 is 14.4 Å². The third-order valence-electron chi connectivity index (χ3n) is 5.38.